The number of allylic oxidation sites excluding steroid dienone is 10. The lowest BCUT2D eigenvalue weighted by Crippen LogP contribution is -2.04. The predicted molar refractivity (Wildman–Crippen MR) is 134 cm³/mol. The van der Waals surface area contributed by atoms with E-state index < -0.39 is 0 Å². The highest BCUT2D eigenvalue weighted by Gasteiger charge is 2.14. The fraction of sp³-hybridized carbons (Fsp3) is 0.214. The standard InChI is InChI=1S/C26H28N2.C2H6/c1-5-19(2)10-13-21(4)25-16-17-26(22-14-11-20(3)12-15-22)28(25)24-9-7-6-8-23(27)18-24;1-2/h5-6,8-18H,4,7,27H2,1-3H3;1-2H3/b13-10-,19-5-;. The normalized spacial score (nSPS) is 14.0. The molecule has 1 aliphatic rings. The summed E-state index contributed by atoms with van der Waals surface area (Å²) >= 11 is 0. The molecule has 2 nitrogen and oxygen atoms in total. The lowest BCUT2D eigenvalue weighted by atomic mass is 10.1. The molecule has 1 aliphatic carbocycles. The summed E-state index contributed by atoms with van der Waals surface area (Å²) in [6, 6.07) is 12.9. The first-order chi connectivity index (χ1) is 14.5. The largest absolute Gasteiger partial charge is 0.399 e. The first-order valence-electron chi connectivity index (χ1n) is 10.6. The van der Waals surface area contributed by atoms with Crippen LogP contribution in [0.25, 0.3) is 22.5 Å². The molecule has 1 aromatic carbocycles. The summed E-state index contributed by atoms with van der Waals surface area (Å²) in [6.45, 7) is 14.6. The maximum absolute atomic E-state index is 6.16. The van der Waals surface area contributed by atoms with Crippen molar-refractivity contribution in [2.24, 2.45) is 5.73 Å². The summed E-state index contributed by atoms with van der Waals surface area (Å²) in [5.74, 6) is 0. The molecule has 0 saturated carbocycles. The van der Waals surface area contributed by atoms with Crippen LogP contribution >= 0.6 is 0 Å². The Morgan fingerprint density at radius 3 is 2.43 bits per heavy atom. The second-order valence-corrected chi connectivity index (χ2v) is 7.11. The van der Waals surface area contributed by atoms with Gasteiger partial charge in [-0.05, 0) is 62.6 Å². The van der Waals surface area contributed by atoms with E-state index in [2.05, 4.69) is 91.8 Å². The van der Waals surface area contributed by atoms with Gasteiger partial charge in [-0.3, -0.25) is 0 Å². The third kappa shape index (κ3) is 5.64. The molecule has 30 heavy (non-hydrogen) atoms. The first kappa shape index (κ1) is 23.0. The molecule has 2 N–H and O–H groups in total. The Kier molecular flexibility index (Phi) is 8.49. The van der Waals surface area contributed by atoms with E-state index in [0.717, 1.165) is 34.8 Å². The molecule has 156 valence electrons. The zero-order valence-corrected chi connectivity index (χ0v) is 18.9. The molecule has 0 atom stereocenters. The van der Waals surface area contributed by atoms with Crippen LogP contribution < -0.4 is 5.73 Å². The van der Waals surface area contributed by atoms with Crippen molar-refractivity contribution in [3.05, 3.63) is 108 Å². The number of aryl methyl sites for hydroxylation is 1. The van der Waals surface area contributed by atoms with Crippen molar-refractivity contribution in [1.29, 1.82) is 0 Å². The number of nitrogens with two attached hydrogens (primary N) is 1. The minimum atomic E-state index is 0.754. The molecule has 0 amide bonds. The van der Waals surface area contributed by atoms with E-state index in [-0.39, 0.29) is 0 Å². The summed E-state index contributed by atoms with van der Waals surface area (Å²) in [6.07, 6.45) is 15.4. The minimum Gasteiger partial charge on any atom is -0.399 e. The smallest absolute Gasteiger partial charge is 0.0534 e. The van der Waals surface area contributed by atoms with Crippen molar-refractivity contribution in [1.82, 2.24) is 4.57 Å². The average molecular weight is 399 g/mol. The van der Waals surface area contributed by atoms with Crippen molar-refractivity contribution >= 4 is 11.3 Å². The van der Waals surface area contributed by atoms with Crippen LogP contribution in [-0.2, 0) is 0 Å². The van der Waals surface area contributed by atoms with E-state index in [0.29, 0.717) is 0 Å². The van der Waals surface area contributed by atoms with Crippen molar-refractivity contribution in [2.45, 2.75) is 41.0 Å². The lowest BCUT2D eigenvalue weighted by Gasteiger charge is -2.16. The summed E-state index contributed by atoms with van der Waals surface area (Å²) in [5.41, 5.74) is 14.8. The number of benzene rings is 1. The Morgan fingerprint density at radius 1 is 1.07 bits per heavy atom. The van der Waals surface area contributed by atoms with Crippen LogP contribution in [0.15, 0.2) is 96.8 Å². The number of aromatic nitrogens is 1. The molecule has 2 heteroatoms. The summed E-state index contributed by atoms with van der Waals surface area (Å²) in [5, 5.41) is 0. The highest BCUT2D eigenvalue weighted by molar-refractivity contribution is 5.80. The molecule has 0 saturated heterocycles. The van der Waals surface area contributed by atoms with Gasteiger partial charge in [0.25, 0.3) is 0 Å². The first-order valence-corrected chi connectivity index (χ1v) is 10.6. The molecule has 3 rings (SSSR count). The van der Waals surface area contributed by atoms with Gasteiger partial charge in [-0.1, -0.05) is 86.2 Å². The van der Waals surface area contributed by atoms with E-state index in [1.165, 1.54) is 16.7 Å². The van der Waals surface area contributed by atoms with Gasteiger partial charge < -0.3 is 10.3 Å². The molecule has 0 aliphatic heterocycles. The van der Waals surface area contributed by atoms with Gasteiger partial charge in [0, 0.05) is 11.4 Å². The van der Waals surface area contributed by atoms with Gasteiger partial charge in [0.15, 0.2) is 0 Å². The van der Waals surface area contributed by atoms with Crippen molar-refractivity contribution in [2.75, 3.05) is 0 Å². The molecule has 0 fully saturated rings. The van der Waals surface area contributed by atoms with E-state index >= 15 is 0 Å². The predicted octanol–water partition coefficient (Wildman–Crippen LogP) is 7.67. The molecule has 0 unspecified atom stereocenters. The molecule has 1 heterocycles. The second-order valence-electron chi connectivity index (χ2n) is 7.11. The maximum Gasteiger partial charge on any atom is 0.0534 e. The summed E-state index contributed by atoms with van der Waals surface area (Å²) in [7, 11) is 0. The van der Waals surface area contributed by atoms with Crippen LogP contribution in [0.3, 0.4) is 0 Å². The highest BCUT2D eigenvalue weighted by atomic mass is 15.0. The highest BCUT2D eigenvalue weighted by Crippen LogP contribution is 2.31. The van der Waals surface area contributed by atoms with Gasteiger partial charge in [0.1, 0.15) is 0 Å². The molecular weight excluding hydrogens is 364 g/mol. The van der Waals surface area contributed by atoms with Crippen LogP contribution in [0.5, 0.6) is 0 Å². The Labute approximate surface area is 182 Å². The van der Waals surface area contributed by atoms with Crippen LogP contribution in [-0.4, -0.2) is 4.57 Å². The van der Waals surface area contributed by atoms with Gasteiger partial charge >= 0.3 is 0 Å². The number of nitrogens with zero attached hydrogens (tertiary/aromatic N) is 1. The monoisotopic (exact) mass is 398 g/mol. The van der Waals surface area contributed by atoms with Crippen LogP contribution in [0.1, 0.15) is 45.4 Å². The molecule has 0 spiro atoms. The quantitative estimate of drug-likeness (QED) is 0.515. The van der Waals surface area contributed by atoms with Crippen LogP contribution in [0, 0.1) is 6.92 Å². The van der Waals surface area contributed by atoms with Gasteiger partial charge in [-0.25, -0.2) is 0 Å². The zero-order valence-electron chi connectivity index (χ0n) is 18.9. The van der Waals surface area contributed by atoms with E-state index in [1.54, 1.807) is 0 Å². The zero-order chi connectivity index (χ0) is 22.1. The topological polar surface area (TPSA) is 30.9 Å². The Morgan fingerprint density at radius 2 is 1.77 bits per heavy atom. The fourth-order valence-electron chi connectivity index (χ4n) is 3.16. The van der Waals surface area contributed by atoms with Crippen LogP contribution in [0.4, 0.5) is 0 Å². The van der Waals surface area contributed by atoms with Gasteiger partial charge in [-0.2, -0.15) is 0 Å². The van der Waals surface area contributed by atoms with Crippen LogP contribution in [0.2, 0.25) is 0 Å². The fourth-order valence-corrected chi connectivity index (χ4v) is 3.16. The Balaban J connectivity index is 0.00000155. The lowest BCUT2D eigenvalue weighted by molar-refractivity contribution is 1.10. The molecule has 0 bridgehead atoms. The minimum absolute atomic E-state index is 0.754. The van der Waals surface area contributed by atoms with E-state index in [4.69, 9.17) is 5.73 Å². The van der Waals surface area contributed by atoms with Crippen molar-refractivity contribution in [3.63, 3.8) is 0 Å². The number of hydrogen-bond acceptors (Lipinski definition) is 1. The van der Waals surface area contributed by atoms with Gasteiger partial charge in [0.05, 0.1) is 11.4 Å². The molecule has 0 radical (unpaired) electrons. The van der Waals surface area contributed by atoms with E-state index in [1.807, 2.05) is 32.9 Å². The Hall–Kier alpha value is -3.26. The molecule has 2 aromatic rings. The van der Waals surface area contributed by atoms with Gasteiger partial charge in [0.2, 0.25) is 0 Å². The second kappa shape index (κ2) is 11.1. The van der Waals surface area contributed by atoms with E-state index in [9.17, 15) is 0 Å². The number of hydrogen-bond donors (Lipinski definition) is 1. The third-order valence-electron chi connectivity index (χ3n) is 4.91. The third-order valence-corrected chi connectivity index (χ3v) is 4.91. The summed E-state index contributed by atoms with van der Waals surface area (Å²) < 4.78 is 2.25. The maximum atomic E-state index is 6.16. The SMILES string of the molecule is C=C(/C=C\C(C)=C/C)c1ccc(-c2ccc(C)cc2)n1C1=CCC=CC(N)=C1.CC. The Bertz CT molecular complexity index is 1020. The van der Waals surface area contributed by atoms with Gasteiger partial charge in [-0.15, -0.1) is 0 Å². The van der Waals surface area contributed by atoms with Crippen molar-refractivity contribution in [3.8, 4) is 11.3 Å². The van der Waals surface area contributed by atoms with Crippen molar-refractivity contribution < 1.29 is 0 Å². The average Bonchev–Trinajstić information content (AvgIpc) is 3.09. The molecular formula is C28H34N2. The number of rotatable bonds is 5. The summed E-state index contributed by atoms with van der Waals surface area (Å²) in [4.78, 5) is 0. The molecule has 1 aromatic heterocycles.